The van der Waals surface area contributed by atoms with E-state index in [0.29, 0.717) is 0 Å². The summed E-state index contributed by atoms with van der Waals surface area (Å²) in [6, 6.07) is 8.70. The highest BCUT2D eigenvalue weighted by Crippen LogP contribution is 2.16. The Labute approximate surface area is 140 Å². The lowest BCUT2D eigenvalue weighted by Gasteiger charge is -2.07. The number of sulfonamides is 1. The smallest absolute Gasteiger partial charge is 0.258 e. The van der Waals surface area contributed by atoms with Crippen molar-refractivity contribution in [3.63, 3.8) is 0 Å². The summed E-state index contributed by atoms with van der Waals surface area (Å²) < 4.78 is 26.9. The first-order valence-corrected chi connectivity index (χ1v) is 9.07. The summed E-state index contributed by atoms with van der Waals surface area (Å²) in [5.74, 6) is 0. The first kappa shape index (κ1) is 18.0. The number of unbranched alkanes of at least 4 members (excludes halogenated alkanes) is 1. The molecule has 8 heteroatoms. The molecule has 128 valence electrons. The van der Waals surface area contributed by atoms with Gasteiger partial charge in [-0.3, -0.25) is 15.1 Å². The van der Waals surface area contributed by atoms with Crippen molar-refractivity contribution in [3.05, 3.63) is 64.0 Å². The van der Waals surface area contributed by atoms with Crippen LogP contribution in [0.1, 0.15) is 30.9 Å². The van der Waals surface area contributed by atoms with Crippen molar-refractivity contribution in [2.24, 2.45) is 0 Å². The summed E-state index contributed by atoms with van der Waals surface area (Å²) in [7, 11) is -3.86. The normalized spacial score (nSPS) is 11.4. The van der Waals surface area contributed by atoms with E-state index in [-0.39, 0.29) is 17.1 Å². The van der Waals surface area contributed by atoms with E-state index in [4.69, 9.17) is 0 Å². The number of nitro groups is 1. The Balaban J connectivity index is 2.04. The van der Waals surface area contributed by atoms with Gasteiger partial charge in [-0.1, -0.05) is 37.6 Å². The number of pyridine rings is 1. The molecule has 0 bridgehead atoms. The Morgan fingerprint density at radius 3 is 2.46 bits per heavy atom. The minimum atomic E-state index is -3.86. The average molecular weight is 349 g/mol. The SMILES string of the molecule is CCCCc1ccc(CNS(=O)(=O)c2cncc([N+](=O)[O-])c2)cc1. The number of rotatable bonds is 8. The molecular weight excluding hydrogens is 330 g/mol. The summed E-state index contributed by atoms with van der Waals surface area (Å²) in [6.45, 7) is 2.24. The molecule has 0 atom stereocenters. The van der Waals surface area contributed by atoms with E-state index in [2.05, 4.69) is 16.6 Å². The van der Waals surface area contributed by atoms with E-state index in [1.165, 1.54) is 5.56 Å². The molecule has 24 heavy (non-hydrogen) atoms. The second kappa shape index (κ2) is 7.98. The number of benzene rings is 1. The van der Waals surface area contributed by atoms with Gasteiger partial charge >= 0.3 is 0 Å². The van der Waals surface area contributed by atoms with Crippen LogP contribution >= 0.6 is 0 Å². The molecular formula is C16H19N3O4S. The van der Waals surface area contributed by atoms with Crippen LogP contribution in [-0.2, 0) is 23.0 Å². The highest BCUT2D eigenvalue weighted by molar-refractivity contribution is 7.89. The van der Waals surface area contributed by atoms with Gasteiger partial charge in [0.2, 0.25) is 10.0 Å². The molecule has 0 spiro atoms. The monoisotopic (exact) mass is 349 g/mol. The van der Waals surface area contributed by atoms with E-state index in [1.807, 2.05) is 24.3 Å². The molecule has 0 radical (unpaired) electrons. The molecule has 0 aliphatic carbocycles. The molecule has 1 N–H and O–H groups in total. The second-order valence-corrected chi connectivity index (χ2v) is 7.15. The van der Waals surface area contributed by atoms with Crippen LogP contribution in [0.4, 0.5) is 5.69 Å². The highest BCUT2D eigenvalue weighted by atomic mass is 32.2. The van der Waals surface area contributed by atoms with Crippen LogP contribution in [0.2, 0.25) is 0 Å². The summed E-state index contributed by atoms with van der Waals surface area (Å²) >= 11 is 0. The largest absolute Gasteiger partial charge is 0.288 e. The standard InChI is InChI=1S/C16H19N3O4S/c1-2-3-4-13-5-7-14(8-6-13)10-18-24(22,23)16-9-15(19(20)21)11-17-12-16/h5-9,11-12,18H,2-4,10H2,1H3. The first-order chi connectivity index (χ1) is 11.4. The fourth-order valence-corrected chi connectivity index (χ4v) is 3.12. The Morgan fingerprint density at radius 1 is 1.17 bits per heavy atom. The van der Waals surface area contributed by atoms with E-state index < -0.39 is 14.9 Å². The quantitative estimate of drug-likeness (QED) is 0.583. The zero-order valence-corrected chi connectivity index (χ0v) is 14.1. The zero-order chi connectivity index (χ0) is 17.6. The first-order valence-electron chi connectivity index (χ1n) is 7.59. The number of hydrogen-bond donors (Lipinski definition) is 1. The van der Waals surface area contributed by atoms with Crippen molar-refractivity contribution in [2.75, 3.05) is 0 Å². The number of nitrogens with one attached hydrogen (secondary N) is 1. The molecule has 1 heterocycles. The molecule has 0 aliphatic heterocycles. The summed E-state index contributed by atoms with van der Waals surface area (Å²) in [5, 5.41) is 10.7. The van der Waals surface area contributed by atoms with Crippen LogP contribution < -0.4 is 4.72 Å². The van der Waals surface area contributed by atoms with Gasteiger partial charge in [-0.15, -0.1) is 0 Å². The fourth-order valence-electron chi connectivity index (χ4n) is 2.12. The maximum atomic E-state index is 12.2. The fraction of sp³-hybridized carbons (Fsp3) is 0.312. The van der Waals surface area contributed by atoms with Crippen LogP contribution in [0.25, 0.3) is 0 Å². The molecule has 2 aromatic rings. The van der Waals surface area contributed by atoms with E-state index in [1.54, 1.807) is 0 Å². The minimum Gasteiger partial charge on any atom is -0.258 e. The molecule has 0 amide bonds. The predicted molar refractivity (Wildman–Crippen MR) is 90.0 cm³/mol. The predicted octanol–water partition coefficient (Wildman–Crippen LogP) is 2.81. The number of aryl methyl sites for hydroxylation is 1. The third kappa shape index (κ3) is 4.84. The van der Waals surface area contributed by atoms with Gasteiger partial charge in [0.05, 0.1) is 4.92 Å². The summed E-state index contributed by atoms with van der Waals surface area (Å²) in [5.41, 5.74) is 1.67. The van der Waals surface area contributed by atoms with Gasteiger partial charge in [-0.2, -0.15) is 0 Å². The molecule has 0 aliphatic rings. The average Bonchev–Trinajstić information content (AvgIpc) is 2.59. The van der Waals surface area contributed by atoms with Crippen molar-refractivity contribution in [2.45, 2.75) is 37.6 Å². The number of nitrogens with zero attached hydrogens (tertiary/aromatic N) is 2. The third-order valence-electron chi connectivity index (χ3n) is 3.53. The molecule has 0 unspecified atom stereocenters. The van der Waals surface area contributed by atoms with E-state index in [9.17, 15) is 18.5 Å². The third-order valence-corrected chi connectivity index (χ3v) is 4.90. The lowest BCUT2D eigenvalue weighted by molar-refractivity contribution is -0.385. The molecule has 1 aromatic carbocycles. The topological polar surface area (TPSA) is 102 Å². The molecule has 0 saturated carbocycles. The van der Waals surface area contributed by atoms with Crippen LogP contribution in [0.5, 0.6) is 0 Å². The zero-order valence-electron chi connectivity index (χ0n) is 13.3. The van der Waals surface area contributed by atoms with Crippen molar-refractivity contribution in [1.82, 2.24) is 9.71 Å². The van der Waals surface area contributed by atoms with Gasteiger partial charge in [0.1, 0.15) is 11.1 Å². The van der Waals surface area contributed by atoms with Crippen LogP contribution in [0, 0.1) is 10.1 Å². The lowest BCUT2D eigenvalue weighted by Crippen LogP contribution is -2.23. The Bertz CT molecular complexity index is 804. The second-order valence-electron chi connectivity index (χ2n) is 5.38. The van der Waals surface area contributed by atoms with Crippen molar-refractivity contribution in [3.8, 4) is 0 Å². The highest BCUT2D eigenvalue weighted by Gasteiger charge is 2.18. The van der Waals surface area contributed by atoms with Gasteiger partial charge in [-0.25, -0.2) is 13.1 Å². The molecule has 1 aromatic heterocycles. The molecule has 0 fully saturated rings. The van der Waals surface area contributed by atoms with Crippen molar-refractivity contribution in [1.29, 1.82) is 0 Å². The van der Waals surface area contributed by atoms with Crippen LogP contribution in [-0.4, -0.2) is 18.3 Å². The summed E-state index contributed by atoms with van der Waals surface area (Å²) in [4.78, 5) is 13.4. The molecule has 7 nitrogen and oxygen atoms in total. The van der Waals surface area contributed by atoms with Crippen LogP contribution in [0.15, 0.2) is 47.6 Å². The van der Waals surface area contributed by atoms with Gasteiger partial charge in [0.25, 0.3) is 5.69 Å². The van der Waals surface area contributed by atoms with Crippen molar-refractivity contribution < 1.29 is 13.3 Å². The van der Waals surface area contributed by atoms with Crippen LogP contribution in [0.3, 0.4) is 0 Å². The molecule has 0 saturated heterocycles. The Hall–Kier alpha value is -2.32. The maximum Gasteiger partial charge on any atom is 0.288 e. The number of aromatic nitrogens is 1. The Kier molecular flexibility index (Phi) is 5.99. The lowest BCUT2D eigenvalue weighted by atomic mass is 10.1. The number of hydrogen-bond acceptors (Lipinski definition) is 5. The van der Waals surface area contributed by atoms with Gasteiger partial charge in [-0.05, 0) is 24.0 Å². The van der Waals surface area contributed by atoms with Gasteiger partial charge in [0.15, 0.2) is 0 Å². The summed E-state index contributed by atoms with van der Waals surface area (Å²) in [6.07, 6.45) is 5.34. The van der Waals surface area contributed by atoms with Gasteiger partial charge in [0, 0.05) is 18.8 Å². The Morgan fingerprint density at radius 2 is 1.83 bits per heavy atom. The maximum absolute atomic E-state index is 12.2. The van der Waals surface area contributed by atoms with E-state index >= 15 is 0 Å². The van der Waals surface area contributed by atoms with Crippen molar-refractivity contribution >= 4 is 15.7 Å². The minimum absolute atomic E-state index is 0.110. The molecule has 2 rings (SSSR count). The van der Waals surface area contributed by atoms with E-state index in [0.717, 1.165) is 43.3 Å². The van der Waals surface area contributed by atoms with Gasteiger partial charge < -0.3 is 0 Å².